The maximum Gasteiger partial charge on any atom is 0.124 e. The molecule has 2 aromatic heterocycles. The van der Waals surface area contributed by atoms with Crippen molar-refractivity contribution in [2.24, 2.45) is 0 Å². The second-order valence-corrected chi connectivity index (χ2v) is 4.68. The average molecular weight is 226 g/mol. The lowest BCUT2D eigenvalue weighted by atomic mass is 10.2. The van der Waals surface area contributed by atoms with Crippen LogP contribution in [-0.2, 0) is 0 Å². The first kappa shape index (κ1) is 9.48. The number of aromatic nitrogens is 2. The molecule has 0 spiro atoms. The van der Waals surface area contributed by atoms with Gasteiger partial charge in [0, 0.05) is 18.0 Å². The molecular weight excluding hydrogens is 216 g/mol. The van der Waals surface area contributed by atoms with E-state index in [9.17, 15) is 0 Å². The van der Waals surface area contributed by atoms with E-state index in [1.54, 1.807) is 23.7 Å². The third kappa shape index (κ3) is 1.49. The highest BCUT2D eigenvalue weighted by atomic mass is 32.1. The SMILES string of the molecule is Cc1cccc2nc(-c3ccncc3)sc12. The highest BCUT2D eigenvalue weighted by molar-refractivity contribution is 7.21. The van der Waals surface area contributed by atoms with Crippen molar-refractivity contribution in [2.45, 2.75) is 6.92 Å². The Morgan fingerprint density at radius 2 is 1.88 bits per heavy atom. The summed E-state index contributed by atoms with van der Waals surface area (Å²) in [5.41, 5.74) is 3.50. The van der Waals surface area contributed by atoms with Gasteiger partial charge in [-0.15, -0.1) is 11.3 Å². The van der Waals surface area contributed by atoms with Crippen LogP contribution < -0.4 is 0 Å². The number of fused-ring (bicyclic) bond motifs is 1. The van der Waals surface area contributed by atoms with Gasteiger partial charge in [-0.1, -0.05) is 12.1 Å². The number of hydrogen-bond acceptors (Lipinski definition) is 3. The second kappa shape index (κ2) is 3.68. The molecule has 0 saturated carbocycles. The van der Waals surface area contributed by atoms with E-state index in [4.69, 9.17) is 0 Å². The third-order valence-electron chi connectivity index (χ3n) is 2.54. The minimum atomic E-state index is 1.06. The summed E-state index contributed by atoms with van der Waals surface area (Å²) in [6.45, 7) is 2.12. The number of pyridine rings is 1. The lowest BCUT2D eigenvalue weighted by Gasteiger charge is -1.91. The van der Waals surface area contributed by atoms with Crippen LogP contribution in [0.3, 0.4) is 0 Å². The van der Waals surface area contributed by atoms with Crippen molar-refractivity contribution in [1.82, 2.24) is 9.97 Å². The molecule has 16 heavy (non-hydrogen) atoms. The Morgan fingerprint density at radius 1 is 1.06 bits per heavy atom. The summed E-state index contributed by atoms with van der Waals surface area (Å²) in [5, 5.41) is 1.06. The van der Waals surface area contributed by atoms with Gasteiger partial charge in [0.15, 0.2) is 0 Å². The molecule has 0 N–H and O–H groups in total. The van der Waals surface area contributed by atoms with Crippen LogP contribution in [0.25, 0.3) is 20.8 Å². The van der Waals surface area contributed by atoms with Crippen LogP contribution in [-0.4, -0.2) is 9.97 Å². The molecule has 0 saturated heterocycles. The molecule has 0 aliphatic rings. The summed E-state index contributed by atoms with van der Waals surface area (Å²) in [7, 11) is 0. The Bertz CT molecular complexity index is 629. The van der Waals surface area contributed by atoms with Crippen molar-refractivity contribution < 1.29 is 0 Å². The Balaban J connectivity index is 2.23. The van der Waals surface area contributed by atoms with Crippen LogP contribution in [0.1, 0.15) is 5.56 Å². The van der Waals surface area contributed by atoms with Gasteiger partial charge in [-0.05, 0) is 30.7 Å². The standard InChI is InChI=1S/C13H10N2S/c1-9-3-2-4-11-12(9)16-13(15-11)10-5-7-14-8-6-10/h2-8H,1H3. The molecule has 3 aromatic rings. The normalized spacial score (nSPS) is 10.8. The molecule has 0 bridgehead atoms. The highest BCUT2D eigenvalue weighted by Gasteiger charge is 2.06. The number of hydrogen-bond donors (Lipinski definition) is 0. The molecule has 0 unspecified atom stereocenters. The Morgan fingerprint density at radius 3 is 2.62 bits per heavy atom. The molecule has 3 heteroatoms. The summed E-state index contributed by atoms with van der Waals surface area (Å²) in [5.74, 6) is 0. The van der Waals surface area contributed by atoms with Crippen molar-refractivity contribution in [1.29, 1.82) is 0 Å². The van der Waals surface area contributed by atoms with Crippen molar-refractivity contribution >= 4 is 21.6 Å². The van der Waals surface area contributed by atoms with E-state index in [0.717, 1.165) is 16.1 Å². The van der Waals surface area contributed by atoms with E-state index in [1.807, 2.05) is 18.2 Å². The summed E-state index contributed by atoms with van der Waals surface area (Å²) in [6.07, 6.45) is 3.60. The molecule has 0 aliphatic carbocycles. The number of thiazole rings is 1. The zero-order chi connectivity index (χ0) is 11.0. The third-order valence-corrected chi connectivity index (χ3v) is 3.79. The van der Waals surface area contributed by atoms with E-state index in [-0.39, 0.29) is 0 Å². The fourth-order valence-corrected chi connectivity index (χ4v) is 2.74. The molecule has 2 heterocycles. The molecule has 0 amide bonds. The Hall–Kier alpha value is -1.74. The Kier molecular flexibility index (Phi) is 2.18. The van der Waals surface area contributed by atoms with Gasteiger partial charge in [0.25, 0.3) is 0 Å². The molecule has 78 valence electrons. The van der Waals surface area contributed by atoms with E-state index in [0.29, 0.717) is 0 Å². The van der Waals surface area contributed by atoms with E-state index in [1.165, 1.54) is 10.3 Å². The molecular formula is C13H10N2S. The van der Waals surface area contributed by atoms with Gasteiger partial charge >= 0.3 is 0 Å². The predicted octanol–water partition coefficient (Wildman–Crippen LogP) is 3.67. The second-order valence-electron chi connectivity index (χ2n) is 3.68. The van der Waals surface area contributed by atoms with Crippen LogP contribution in [0.15, 0.2) is 42.7 Å². The molecule has 2 nitrogen and oxygen atoms in total. The minimum Gasteiger partial charge on any atom is -0.265 e. The van der Waals surface area contributed by atoms with E-state index >= 15 is 0 Å². The van der Waals surface area contributed by atoms with Crippen LogP contribution in [0.5, 0.6) is 0 Å². The van der Waals surface area contributed by atoms with Crippen LogP contribution >= 0.6 is 11.3 Å². The van der Waals surface area contributed by atoms with Crippen molar-refractivity contribution in [2.75, 3.05) is 0 Å². The van der Waals surface area contributed by atoms with Crippen LogP contribution in [0, 0.1) is 6.92 Å². The maximum absolute atomic E-state index is 4.63. The average Bonchev–Trinajstić information content (AvgIpc) is 2.76. The molecule has 0 aliphatic heterocycles. The summed E-state index contributed by atoms with van der Waals surface area (Å²) in [6, 6.07) is 10.2. The lowest BCUT2D eigenvalue weighted by Crippen LogP contribution is -1.75. The summed E-state index contributed by atoms with van der Waals surface area (Å²) >= 11 is 1.74. The fourth-order valence-electron chi connectivity index (χ4n) is 1.70. The molecule has 0 atom stereocenters. The quantitative estimate of drug-likeness (QED) is 0.632. The lowest BCUT2D eigenvalue weighted by molar-refractivity contribution is 1.32. The maximum atomic E-state index is 4.63. The summed E-state index contributed by atoms with van der Waals surface area (Å²) in [4.78, 5) is 8.65. The van der Waals surface area contributed by atoms with Gasteiger partial charge in [0.05, 0.1) is 10.2 Å². The zero-order valence-electron chi connectivity index (χ0n) is 8.84. The smallest absolute Gasteiger partial charge is 0.124 e. The number of aryl methyl sites for hydroxylation is 1. The van der Waals surface area contributed by atoms with Crippen molar-refractivity contribution in [3.8, 4) is 10.6 Å². The Labute approximate surface area is 97.6 Å². The zero-order valence-corrected chi connectivity index (χ0v) is 9.66. The monoisotopic (exact) mass is 226 g/mol. The van der Waals surface area contributed by atoms with Gasteiger partial charge in [0.2, 0.25) is 0 Å². The van der Waals surface area contributed by atoms with E-state index in [2.05, 4.69) is 29.0 Å². The van der Waals surface area contributed by atoms with Crippen LogP contribution in [0.2, 0.25) is 0 Å². The molecule has 0 radical (unpaired) electrons. The first-order chi connectivity index (χ1) is 7.84. The highest BCUT2D eigenvalue weighted by Crippen LogP contribution is 2.31. The van der Waals surface area contributed by atoms with Crippen molar-refractivity contribution in [3.05, 3.63) is 48.3 Å². The topological polar surface area (TPSA) is 25.8 Å². The van der Waals surface area contributed by atoms with E-state index < -0.39 is 0 Å². The first-order valence-electron chi connectivity index (χ1n) is 5.11. The molecule has 3 rings (SSSR count). The van der Waals surface area contributed by atoms with Gasteiger partial charge in [-0.3, -0.25) is 4.98 Å². The van der Waals surface area contributed by atoms with Crippen molar-refractivity contribution in [3.63, 3.8) is 0 Å². The number of benzene rings is 1. The van der Waals surface area contributed by atoms with Gasteiger partial charge in [0.1, 0.15) is 5.01 Å². The first-order valence-corrected chi connectivity index (χ1v) is 5.93. The number of nitrogens with zero attached hydrogens (tertiary/aromatic N) is 2. The molecule has 0 fully saturated rings. The summed E-state index contributed by atoms with van der Waals surface area (Å²) < 4.78 is 1.27. The van der Waals surface area contributed by atoms with Gasteiger partial charge in [-0.25, -0.2) is 4.98 Å². The van der Waals surface area contributed by atoms with Gasteiger partial charge < -0.3 is 0 Å². The number of rotatable bonds is 1. The fraction of sp³-hybridized carbons (Fsp3) is 0.0769. The van der Waals surface area contributed by atoms with Crippen LogP contribution in [0.4, 0.5) is 0 Å². The molecule has 1 aromatic carbocycles. The van der Waals surface area contributed by atoms with Gasteiger partial charge in [-0.2, -0.15) is 0 Å². The largest absolute Gasteiger partial charge is 0.265 e. The predicted molar refractivity (Wildman–Crippen MR) is 67.6 cm³/mol. The minimum absolute atomic E-state index is 1.06.